The van der Waals surface area contributed by atoms with Crippen LogP contribution >= 0.6 is 0 Å². The molecular formula is C18H14KNO2. The summed E-state index contributed by atoms with van der Waals surface area (Å²) in [6.07, 6.45) is 0. The van der Waals surface area contributed by atoms with Crippen LogP contribution in [-0.2, 0) is 0 Å². The second-order valence-electron chi connectivity index (χ2n) is 4.96. The quantitative estimate of drug-likeness (QED) is 0.699. The average Bonchev–Trinajstić information content (AvgIpc) is 2.49. The zero-order chi connectivity index (χ0) is 14.8. The Hall–Kier alpha value is -1.17. The first-order valence-corrected chi connectivity index (χ1v) is 6.72. The molecule has 0 bridgehead atoms. The standard InChI is InChI=1S/C18H15NO2.K/c1-12-6-2-5-9-16(12)19-18(21)15-10-13-7-3-4-8-14(13)11-17(15)20;/h2-11,20H,1H3,(H,19,21);/q;+1/p-1. The number of fused-ring (bicyclic) bond motifs is 1. The Labute approximate surface area is 171 Å². The normalized spacial score (nSPS) is 10.0. The Morgan fingerprint density at radius 2 is 1.55 bits per heavy atom. The molecule has 3 aromatic carbocycles. The summed E-state index contributed by atoms with van der Waals surface area (Å²) in [5.41, 5.74) is 1.84. The summed E-state index contributed by atoms with van der Waals surface area (Å²) < 4.78 is 0. The van der Waals surface area contributed by atoms with E-state index in [1.54, 1.807) is 6.07 Å². The number of carbonyl (C=O) groups excluding carboxylic acids is 1. The minimum atomic E-state index is -0.375. The van der Waals surface area contributed by atoms with Crippen LogP contribution in [0.4, 0.5) is 5.69 Å². The molecule has 0 aliphatic rings. The van der Waals surface area contributed by atoms with E-state index < -0.39 is 0 Å². The SMILES string of the molecule is Cc1ccccc1NC(=O)c1cc2ccccc2cc1[O-].[K+]. The van der Waals surface area contributed by atoms with Crippen LogP contribution in [0.5, 0.6) is 5.75 Å². The zero-order valence-corrected chi connectivity index (χ0v) is 15.7. The van der Waals surface area contributed by atoms with Crippen molar-refractivity contribution in [1.82, 2.24) is 0 Å². The molecule has 0 radical (unpaired) electrons. The summed E-state index contributed by atoms with van der Waals surface area (Å²) in [5.74, 6) is -0.639. The number of anilines is 1. The van der Waals surface area contributed by atoms with Gasteiger partial charge in [0.2, 0.25) is 0 Å². The Kier molecular flexibility index (Phi) is 5.78. The van der Waals surface area contributed by atoms with Crippen LogP contribution in [0.15, 0.2) is 60.7 Å². The summed E-state index contributed by atoms with van der Waals surface area (Å²) in [4.78, 5) is 12.3. The molecule has 3 nitrogen and oxygen atoms in total. The first kappa shape index (κ1) is 17.2. The number of amides is 1. The molecule has 4 heteroatoms. The predicted octanol–water partition coefficient (Wildman–Crippen LogP) is 0.478. The van der Waals surface area contributed by atoms with E-state index in [1.807, 2.05) is 55.5 Å². The van der Waals surface area contributed by atoms with Crippen LogP contribution in [0, 0.1) is 6.92 Å². The van der Waals surface area contributed by atoms with Gasteiger partial charge >= 0.3 is 51.4 Å². The molecule has 1 N–H and O–H groups in total. The molecule has 3 rings (SSSR count). The molecule has 0 fully saturated rings. The van der Waals surface area contributed by atoms with E-state index in [9.17, 15) is 9.90 Å². The maximum absolute atomic E-state index is 12.3. The van der Waals surface area contributed by atoms with Crippen LogP contribution in [0.1, 0.15) is 15.9 Å². The molecule has 0 aromatic heterocycles. The fourth-order valence-corrected chi connectivity index (χ4v) is 2.30. The van der Waals surface area contributed by atoms with Crippen LogP contribution in [0.3, 0.4) is 0 Å². The van der Waals surface area contributed by atoms with Crippen LogP contribution in [-0.4, -0.2) is 5.91 Å². The van der Waals surface area contributed by atoms with Gasteiger partial charge in [0.25, 0.3) is 5.91 Å². The van der Waals surface area contributed by atoms with Crippen molar-refractivity contribution >= 4 is 22.4 Å². The van der Waals surface area contributed by atoms with Gasteiger partial charge in [0.05, 0.1) is 0 Å². The van der Waals surface area contributed by atoms with Gasteiger partial charge in [-0.3, -0.25) is 4.79 Å². The van der Waals surface area contributed by atoms with E-state index in [-0.39, 0.29) is 68.6 Å². The molecule has 1 amide bonds. The fourth-order valence-electron chi connectivity index (χ4n) is 2.30. The fraction of sp³-hybridized carbons (Fsp3) is 0.0556. The third-order valence-corrected chi connectivity index (χ3v) is 3.49. The molecule has 0 heterocycles. The minimum Gasteiger partial charge on any atom is -0.872 e. The van der Waals surface area contributed by atoms with E-state index in [0.717, 1.165) is 22.0 Å². The largest absolute Gasteiger partial charge is 1.00 e. The molecule has 104 valence electrons. The smallest absolute Gasteiger partial charge is 0.872 e. The monoisotopic (exact) mass is 315 g/mol. The number of carbonyl (C=O) groups is 1. The van der Waals surface area contributed by atoms with Crippen LogP contribution in [0.25, 0.3) is 10.8 Å². The topological polar surface area (TPSA) is 52.2 Å². The van der Waals surface area contributed by atoms with Crippen molar-refractivity contribution in [2.45, 2.75) is 6.92 Å². The number of benzene rings is 3. The van der Waals surface area contributed by atoms with Gasteiger partial charge in [-0.1, -0.05) is 54.3 Å². The van der Waals surface area contributed by atoms with E-state index in [1.165, 1.54) is 6.07 Å². The van der Waals surface area contributed by atoms with Gasteiger partial charge in [0, 0.05) is 11.3 Å². The van der Waals surface area contributed by atoms with Crippen molar-refractivity contribution < 1.29 is 61.3 Å². The van der Waals surface area contributed by atoms with Gasteiger partial charge in [0.1, 0.15) is 0 Å². The van der Waals surface area contributed by atoms with Gasteiger partial charge in [-0.25, -0.2) is 0 Å². The van der Waals surface area contributed by atoms with E-state index in [2.05, 4.69) is 5.32 Å². The molecule has 3 aromatic rings. The molecule has 0 unspecified atom stereocenters. The number of rotatable bonds is 2. The maximum Gasteiger partial charge on any atom is 1.00 e. The predicted molar refractivity (Wildman–Crippen MR) is 82.5 cm³/mol. The Morgan fingerprint density at radius 1 is 0.955 bits per heavy atom. The summed E-state index contributed by atoms with van der Waals surface area (Å²) in [7, 11) is 0. The van der Waals surface area contributed by atoms with E-state index in [0.29, 0.717) is 0 Å². The summed E-state index contributed by atoms with van der Waals surface area (Å²) in [5, 5.41) is 16.6. The van der Waals surface area contributed by atoms with Crippen molar-refractivity contribution in [2.24, 2.45) is 0 Å². The second kappa shape index (κ2) is 7.39. The first-order valence-electron chi connectivity index (χ1n) is 6.72. The van der Waals surface area contributed by atoms with Crippen molar-refractivity contribution in [3.8, 4) is 5.75 Å². The van der Waals surface area contributed by atoms with Gasteiger partial charge in [0.15, 0.2) is 0 Å². The average molecular weight is 315 g/mol. The van der Waals surface area contributed by atoms with Crippen molar-refractivity contribution in [3.63, 3.8) is 0 Å². The second-order valence-corrected chi connectivity index (χ2v) is 4.96. The van der Waals surface area contributed by atoms with Crippen LogP contribution in [0.2, 0.25) is 0 Å². The van der Waals surface area contributed by atoms with Gasteiger partial charge in [-0.2, -0.15) is 0 Å². The molecule has 0 saturated heterocycles. The van der Waals surface area contributed by atoms with Crippen molar-refractivity contribution in [3.05, 3.63) is 71.8 Å². The van der Waals surface area contributed by atoms with Crippen molar-refractivity contribution in [2.75, 3.05) is 5.32 Å². The van der Waals surface area contributed by atoms with E-state index in [4.69, 9.17) is 0 Å². The molecule has 0 aliphatic carbocycles. The Morgan fingerprint density at radius 3 is 2.23 bits per heavy atom. The zero-order valence-electron chi connectivity index (χ0n) is 12.6. The number of aryl methyl sites for hydroxylation is 1. The molecule has 0 spiro atoms. The first-order chi connectivity index (χ1) is 10.1. The number of hydrogen-bond acceptors (Lipinski definition) is 2. The molecule has 0 atom stereocenters. The van der Waals surface area contributed by atoms with Crippen molar-refractivity contribution in [1.29, 1.82) is 0 Å². The molecule has 0 aliphatic heterocycles. The van der Waals surface area contributed by atoms with Gasteiger partial charge < -0.3 is 10.4 Å². The summed E-state index contributed by atoms with van der Waals surface area (Å²) in [6.45, 7) is 1.91. The number of nitrogens with one attached hydrogen (secondary N) is 1. The molecule has 0 saturated carbocycles. The Balaban J connectivity index is 0.00000176. The van der Waals surface area contributed by atoms with Gasteiger partial charge in [-0.15, -0.1) is 0 Å². The maximum atomic E-state index is 12.3. The van der Waals surface area contributed by atoms with E-state index >= 15 is 0 Å². The minimum absolute atomic E-state index is 0. The molecule has 22 heavy (non-hydrogen) atoms. The van der Waals surface area contributed by atoms with Crippen LogP contribution < -0.4 is 61.8 Å². The molecular weight excluding hydrogens is 301 g/mol. The number of para-hydroxylation sites is 1. The third kappa shape index (κ3) is 3.59. The number of hydrogen-bond donors (Lipinski definition) is 1. The summed E-state index contributed by atoms with van der Waals surface area (Å²) >= 11 is 0. The Bertz CT molecular complexity index is 830. The third-order valence-electron chi connectivity index (χ3n) is 3.49. The van der Waals surface area contributed by atoms with Gasteiger partial charge in [-0.05, 0) is 35.4 Å². The summed E-state index contributed by atoms with van der Waals surface area (Å²) in [6, 6.07) is 18.1.